The Morgan fingerprint density at radius 3 is 1.59 bits per heavy atom. The third kappa shape index (κ3) is 3.17. The van der Waals surface area contributed by atoms with E-state index in [2.05, 4.69) is 47.8 Å². The molecule has 0 saturated carbocycles. The van der Waals surface area contributed by atoms with Gasteiger partial charge in [-0.3, -0.25) is 0 Å². The van der Waals surface area contributed by atoms with Gasteiger partial charge in [-0.2, -0.15) is 26.3 Å². The lowest BCUT2D eigenvalue weighted by Gasteiger charge is -2.17. The van der Waals surface area contributed by atoms with Crippen molar-refractivity contribution in [1.82, 2.24) is 0 Å². The summed E-state index contributed by atoms with van der Waals surface area (Å²) in [7, 11) is 0. The van der Waals surface area contributed by atoms with Gasteiger partial charge in [0.1, 0.15) is 0 Å². The van der Waals surface area contributed by atoms with Crippen LogP contribution in [-0.2, 0) is 12.4 Å². The molecule has 0 radical (unpaired) electrons. The van der Waals surface area contributed by atoms with Crippen LogP contribution in [0.25, 0.3) is 0 Å². The van der Waals surface area contributed by atoms with E-state index < -0.39 is 32.4 Å². The smallest absolute Gasteiger partial charge is 0.166 e. The first-order valence-electron chi connectivity index (χ1n) is 3.78. The molecule has 0 aromatic heterocycles. The molecule has 96 valence electrons. The van der Waals surface area contributed by atoms with E-state index in [-0.39, 0.29) is 4.47 Å². The van der Waals surface area contributed by atoms with Crippen molar-refractivity contribution in [3.05, 3.63) is 30.6 Å². The van der Waals surface area contributed by atoms with Crippen LogP contribution in [0.2, 0.25) is 0 Å². The van der Waals surface area contributed by atoms with Gasteiger partial charge in [0.2, 0.25) is 0 Å². The summed E-state index contributed by atoms with van der Waals surface area (Å²) in [6.07, 6.45) is -9.77. The minimum absolute atomic E-state index is 0.319. The Bertz CT molecular complexity index is 448. The van der Waals surface area contributed by atoms with Gasteiger partial charge in [0.05, 0.1) is 11.1 Å². The minimum Gasteiger partial charge on any atom is -0.166 e. The third-order valence-corrected chi connectivity index (χ3v) is 4.55. The van der Waals surface area contributed by atoms with Crippen LogP contribution in [0.15, 0.2) is 19.5 Å². The molecule has 1 rings (SSSR count). The van der Waals surface area contributed by atoms with E-state index in [1.807, 2.05) is 0 Å². The highest BCUT2D eigenvalue weighted by atomic mass is 79.9. The highest BCUT2D eigenvalue weighted by Gasteiger charge is 2.42. The number of halogens is 9. The van der Waals surface area contributed by atoms with E-state index in [1.54, 1.807) is 0 Å². The van der Waals surface area contributed by atoms with E-state index in [0.29, 0.717) is 6.07 Å². The van der Waals surface area contributed by atoms with E-state index in [1.165, 1.54) is 0 Å². The van der Waals surface area contributed by atoms with E-state index in [4.69, 9.17) is 0 Å². The molecule has 0 fully saturated rings. The molecular weight excluding hydrogens is 450 g/mol. The normalized spacial score (nSPS) is 13.0. The predicted octanol–water partition coefficient (Wildman–Crippen LogP) is 6.01. The lowest BCUT2D eigenvalue weighted by molar-refractivity contribution is -0.144. The number of hydrogen-bond acceptors (Lipinski definition) is 0. The fraction of sp³-hybridized carbons (Fsp3) is 0.250. The summed E-state index contributed by atoms with van der Waals surface area (Å²) in [6.45, 7) is 0. The molecule has 1 aromatic rings. The summed E-state index contributed by atoms with van der Waals surface area (Å²) >= 11 is 7.60. The Hall–Kier alpha value is 0.240. The molecule has 17 heavy (non-hydrogen) atoms. The Balaban J connectivity index is 3.67. The van der Waals surface area contributed by atoms with Crippen LogP contribution in [0.5, 0.6) is 0 Å². The second-order valence-electron chi connectivity index (χ2n) is 2.90. The molecule has 0 aliphatic carbocycles. The number of alkyl halides is 6. The molecule has 0 N–H and O–H groups in total. The standard InChI is InChI=1S/C8HBr3F6/c9-3-1-2(7(12,13)14)5(10)4(6(3)11)8(15,16)17/h1H. The second kappa shape index (κ2) is 4.73. The largest absolute Gasteiger partial charge is 0.418 e. The van der Waals surface area contributed by atoms with Crippen LogP contribution in [0.4, 0.5) is 26.3 Å². The molecule has 9 heteroatoms. The van der Waals surface area contributed by atoms with Gasteiger partial charge in [-0.1, -0.05) is 0 Å². The molecule has 0 atom stereocenters. The molecule has 0 heterocycles. The monoisotopic (exact) mass is 448 g/mol. The van der Waals surface area contributed by atoms with E-state index in [9.17, 15) is 26.3 Å². The molecule has 0 aliphatic rings. The van der Waals surface area contributed by atoms with Crippen molar-refractivity contribution < 1.29 is 26.3 Å². The molecule has 0 saturated heterocycles. The SMILES string of the molecule is FC(F)(F)c1cc(Br)c(Br)c(C(F)(F)F)c1Br. The van der Waals surface area contributed by atoms with Gasteiger partial charge in [-0.15, -0.1) is 0 Å². The maximum Gasteiger partial charge on any atom is 0.418 e. The van der Waals surface area contributed by atoms with Crippen molar-refractivity contribution in [2.75, 3.05) is 0 Å². The summed E-state index contributed by atoms with van der Waals surface area (Å²) in [6, 6.07) is 0.573. The molecule has 0 aliphatic heterocycles. The topological polar surface area (TPSA) is 0 Å². The van der Waals surface area contributed by atoms with Crippen molar-refractivity contribution in [3.63, 3.8) is 0 Å². The van der Waals surface area contributed by atoms with Gasteiger partial charge in [-0.05, 0) is 53.9 Å². The van der Waals surface area contributed by atoms with Crippen molar-refractivity contribution in [3.8, 4) is 0 Å². The van der Waals surface area contributed by atoms with E-state index >= 15 is 0 Å². The number of hydrogen-bond donors (Lipinski definition) is 0. The molecule has 0 amide bonds. The fourth-order valence-corrected chi connectivity index (χ4v) is 3.05. The summed E-state index contributed by atoms with van der Waals surface area (Å²) in [5.41, 5.74) is -2.79. The minimum atomic E-state index is -4.90. The zero-order valence-corrected chi connectivity index (χ0v) is 12.2. The van der Waals surface area contributed by atoms with Crippen LogP contribution in [0, 0.1) is 0 Å². The zero-order valence-electron chi connectivity index (χ0n) is 7.48. The Labute approximate surface area is 117 Å². The Kier molecular flexibility index (Phi) is 4.26. The summed E-state index contributed by atoms with van der Waals surface area (Å²) in [5, 5.41) is 0. The van der Waals surface area contributed by atoms with Gasteiger partial charge < -0.3 is 0 Å². The van der Waals surface area contributed by atoms with Crippen LogP contribution in [-0.4, -0.2) is 0 Å². The molecule has 0 nitrogen and oxygen atoms in total. The fourth-order valence-electron chi connectivity index (χ4n) is 1.06. The maximum atomic E-state index is 12.6. The van der Waals surface area contributed by atoms with E-state index in [0.717, 1.165) is 0 Å². The molecular formula is C8HBr3F6. The first kappa shape index (κ1) is 15.3. The van der Waals surface area contributed by atoms with Crippen LogP contribution < -0.4 is 0 Å². The van der Waals surface area contributed by atoms with Crippen molar-refractivity contribution in [1.29, 1.82) is 0 Å². The second-order valence-corrected chi connectivity index (χ2v) is 5.34. The first-order chi connectivity index (χ1) is 7.46. The average molecular weight is 451 g/mol. The lowest BCUT2D eigenvalue weighted by atomic mass is 10.1. The van der Waals surface area contributed by atoms with Gasteiger partial charge in [-0.25, -0.2) is 0 Å². The molecule has 0 bridgehead atoms. The zero-order chi connectivity index (χ0) is 13.6. The van der Waals surface area contributed by atoms with Gasteiger partial charge in [0.15, 0.2) is 0 Å². The third-order valence-electron chi connectivity index (χ3n) is 1.75. The lowest BCUT2D eigenvalue weighted by Crippen LogP contribution is -2.14. The Morgan fingerprint density at radius 2 is 1.24 bits per heavy atom. The maximum absolute atomic E-state index is 12.6. The van der Waals surface area contributed by atoms with Crippen molar-refractivity contribution in [2.45, 2.75) is 12.4 Å². The molecule has 0 unspecified atom stereocenters. The highest BCUT2D eigenvalue weighted by Crippen LogP contribution is 2.48. The first-order valence-corrected chi connectivity index (χ1v) is 6.16. The average Bonchev–Trinajstić information content (AvgIpc) is 2.07. The van der Waals surface area contributed by atoms with Gasteiger partial charge >= 0.3 is 12.4 Å². The molecule has 0 spiro atoms. The number of rotatable bonds is 0. The van der Waals surface area contributed by atoms with Gasteiger partial charge in [0, 0.05) is 13.4 Å². The quantitative estimate of drug-likeness (QED) is 0.335. The van der Waals surface area contributed by atoms with Crippen molar-refractivity contribution in [2.24, 2.45) is 0 Å². The van der Waals surface area contributed by atoms with Crippen LogP contribution in [0.3, 0.4) is 0 Å². The molecule has 1 aromatic carbocycles. The number of benzene rings is 1. The summed E-state index contributed by atoms with van der Waals surface area (Å²) in [4.78, 5) is 0. The summed E-state index contributed by atoms with van der Waals surface area (Å²) in [5.74, 6) is 0. The van der Waals surface area contributed by atoms with Crippen LogP contribution >= 0.6 is 47.8 Å². The van der Waals surface area contributed by atoms with Gasteiger partial charge in [0.25, 0.3) is 0 Å². The summed E-state index contributed by atoms with van der Waals surface area (Å²) < 4.78 is 73.5. The Morgan fingerprint density at radius 1 is 0.765 bits per heavy atom. The highest BCUT2D eigenvalue weighted by molar-refractivity contribution is 9.13. The van der Waals surface area contributed by atoms with Crippen LogP contribution in [0.1, 0.15) is 11.1 Å². The van der Waals surface area contributed by atoms with Crippen molar-refractivity contribution >= 4 is 47.8 Å². The predicted molar refractivity (Wildman–Crippen MR) is 59.5 cm³/mol.